The van der Waals surface area contributed by atoms with Gasteiger partial charge >= 0.3 is 0 Å². The Labute approximate surface area is 68.5 Å². The molecule has 0 saturated carbocycles. The van der Waals surface area contributed by atoms with E-state index in [1.807, 2.05) is 13.4 Å². The molecule has 0 aromatic heterocycles. The molecule has 0 fully saturated rings. The minimum absolute atomic E-state index is 0.361. The highest BCUT2D eigenvalue weighted by molar-refractivity contribution is 5.56. The number of hydrogen-bond acceptors (Lipinski definition) is 3. The van der Waals surface area contributed by atoms with Crippen LogP contribution in [-0.2, 0) is 0 Å². The molecule has 0 aromatic carbocycles. The Bertz CT molecular complexity index is 157. The maximum absolute atomic E-state index is 3.98. The predicted octanol–water partition coefficient (Wildman–Crippen LogP) is 1.23. The molecule has 1 aliphatic rings. The van der Waals surface area contributed by atoms with Gasteiger partial charge in [-0.15, -0.1) is 0 Å². The normalized spacial score (nSPS) is 24.0. The third kappa shape index (κ3) is 2.41. The molecule has 11 heavy (non-hydrogen) atoms. The third-order valence-corrected chi connectivity index (χ3v) is 1.76. The number of hydrazone groups is 1. The molecule has 1 unspecified atom stereocenters. The van der Waals surface area contributed by atoms with Crippen LogP contribution in [0.15, 0.2) is 5.10 Å². The summed E-state index contributed by atoms with van der Waals surface area (Å²) in [6.45, 7) is 6.71. The van der Waals surface area contributed by atoms with E-state index in [9.17, 15) is 0 Å². The largest absolute Gasteiger partial charge is 0.343 e. The average molecular weight is 155 g/mol. The van der Waals surface area contributed by atoms with Gasteiger partial charge in [0, 0.05) is 7.05 Å². The average Bonchev–Trinajstić information content (AvgIpc) is 2.12. The lowest BCUT2D eigenvalue weighted by atomic mass is 9.90. The molecule has 0 saturated heterocycles. The van der Waals surface area contributed by atoms with Crippen LogP contribution < -0.4 is 5.43 Å². The SMILES string of the molecule is CN1C=NNC1CC(C)(C)C. The summed E-state index contributed by atoms with van der Waals surface area (Å²) in [5, 5.41) is 3.98. The van der Waals surface area contributed by atoms with Crippen LogP contribution in [0.4, 0.5) is 0 Å². The van der Waals surface area contributed by atoms with Gasteiger partial charge < -0.3 is 4.90 Å². The maximum atomic E-state index is 3.98. The lowest BCUT2D eigenvalue weighted by Gasteiger charge is -2.27. The first-order valence-corrected chi connectivity index (χ1v) is 4.00. The van der Waals surface area contributed by atoms with Crippen LogP contribution in [0.5, 0.6) is 0 Å². The summed E-state index contributed by atoms with van der Waals surface area (Å²) in [6.07, 6.45) is 3.33. The number of nitrogens with zero attached hydrogens (tertiary/aromatic N) is 2. The number of rotatable bonds is 1. The number of nitrogens with one attached hydrogen (secondary N) is 1. The summed E-state index contributed by atoms with van der Waals surface area (Å²) in [5.74, 6) is 0. The van der Waals surface area contributed by atoms with Crippen LogP contribution in [0, 0.1) is 5.41 Å². The zero-order valence-electron chi connectivity index (χ0n) is 7.76. The fourth-order valence-electron chi connectivity index (χ4n) is 1.15. The molecule has 0 bridgehead atoms. The second-order valence-electron chi connectivity index (χ2n) is 4.32. The highest BCUT2D eigenvalue weighted by atomic mass is 15.5. The third-order valence-electron chi connectivity index (χ3n) is 1.76. The summed E-state index contributed by atoms with van der Waals surface area (Å²) in [6, 6.07) is 0. The lowest BCUT2D eigenvalue weighted by Crippen LogP contribution is -2.37. The van der Waals surface area contributed by atoms with Crippen LogP contribution in [0.1, 0.15) is 27.2 Å². The van der Waals surface area contributed by atoms with Gasteiger partial charge in [0.2, 0.25) is 0 Å². The second-order valence-corrected chi connectivity index (χ2v) is 4.32. The molecule has 1 N–H and O–H groups in total. The van der Waals surface area contributed by atoms with Crippen molar-refractivity contribution in [1.29, 1.82) is 0 Å². The van der Waals surface area contributed by atoms with E-state index in [0.29, 0.717) is 11.6 Å². The molecule has 1 heterocycles. The van der Waals surface area contributed by atoms with E-state index in [0.717, 1.165) is 6.42 Å². The summed E-state index contributed by atoms with van der Waals surface area (Å²) in [7, 11) is 2.04. The Kier molecular flexibility index (Phi) is 2.07. The molecule has 0 aliphatic carbocycles. The van der Waals surface area contributed by atoms with Gasteiger partial charge in [-0.1, -0.05) is 20.8 Å². The Morgan fingerprint density at radius 1 is 1.55 bits per heavy atom. The van der Waals surface area contributed by atoms with E-state index >= 15 is 0 Å². The minimum Gasteiger partial charge on any atom is -0.343 e. The lowest BCUT2D eigenvalue weighted by molar-refractivity contribution is 0.237. The van der Waals surface area contributed by atoms with E-state index < -0.39 is 0 Å². The zero-order valence-corrected chi connectivity index (χ0v) is 7.76. The monoisotopic (exact) mass is 155 g/mol. The van der Waals surface area contributed by atoms with Crippen molar-refractivity contribution in [3.63, 3.8) is 0 Å². The van der Waals surface area contributed by atoms with Gasteiger partial charge in [0.25, 0.3) is 0 Å². The Balaban J connectivity index is 2.40. The molecule has 1 atom stereocenters. The van der Waals surface area contributed by atoms with E-state index in [-0.39, 0.29) is 0 Å². The van der Waals surface area contributed by atoms with Gasteiger partial charge in [0.1, 0.15) is 12.5 Å². The highest BCUT2D eigenvalue weighted by Gasteiger charge is 2.22. The fraction of sp³-hybridized carbons (Fsp3) is 0.875. The Morgan fingerprint density at radius 3 is 2.55 bits per heavy atom. The summed E-state index contributed by atoms with van der Waals surface area (Å²) >= 11 is 0. The molecule has 1 aliphatic heterocycles. The quantitative estimate of drug-likeness (QED) is 0.616. The van der Waals surface area contributed by atoms with Crippen LogP contribution in [-0.4, -0.2) is 24.5 Å². The second kappa shape index (κ2) is 2.72. The van der Waals surface area contributed by atoms with Crippen LogP contribution in [0.3, 0.4) is 0 Å². The zero-order chi connectivity index (χ0) is 8.48. The predicted molar refractivity (Wildman–Crippen MR) is 47.3 cm³/mol. The van der Waals surface area contributed by atoms with Gasteiger partial charge in [-0.25, -0.2) is 0 Å². The first kappa shape index (κ1) is 8.37. The summed E-state index contributed by atoms with van der Waals surface area (Å²) in [4.78, 5) is 2.10. The first-order chi connectivity index (χ1) is 4.99. The van der Waals surface area contributed by atoms with Gasteiger partial charge in [-0.3, -0.25) is 5.43 Å². The fourth-order valence-corrected chi connectivity index (χ4v) is 1.15. The van der Waals surface area contributed by atoms with Crippen LogP contribution in [0.2, 0.25) is 0 Å². The van der Waals surface area contributed by atoms with Crippen LogP contribution >= 0.6 is 0 Å². The smallest absolute Gasteiger partial charge is 0.116 e. The summed E-state index contributed by atoms with van der Waals surface area (Å²) < 4.78 is 0. The highest BCUT2D eigenvalue weighted by Crippen LogP contribution is 2.22. The minimum atomic E-state index is 0.361. The first-order valence-electron chi connectivity index (χ1n) is 4.00. The van der Waals surface area contributed by atoms with Crippen LogP contribution in [0.25, 0.3) is 0 Å². The van der Waals surface area contributed by atoms with Crippen molar-refractivity contribution < 1.29 is 0 Å². The Hall–Kier alpha value is -0.730. The number of hydrogen-bond donors (Lipinski definition) is 1. The van der Waals surface area contributed by atoms with Crippen molar-refractivity contribution in [3.8, 4) is 0 Å². The molecule has 1 rings (SSSR count). The topological polar surface area (TPSA) is 27.6 Å². The van der Waals surface area contributed by atoms with Crippen molar-refractivity contribution in [1.82, 2.24) is 10.3 Å². The Morgan fingerprint density at radius 2 is 2.18 bits per heavy atom. The molecule has 0 spiro atoms. The summed E-state index contributed by atoms with van der Waals surface area (Å²) in [5.41, 5.74) is 3.42. The molecule has 0 radical (unpaired) electrons. The van der Waals surface area contributed by atoms with Crippen molar-refractivity contribution in [3.05, 3.63) is 0 Å². The van der Waals surface area contributed by atoms with E-state index in [1.165, 1.54) is 0 Å². The molecule has 64 valence electrons. The van der Waals surface area contributed by atoms with Crippen molar-refractivity contribution in [2.45, 2.75) is 33.4 Å². The van der Waals surface area contributed by atoms with Gasteiger partial charge in [-0.2, -0.15) is 5.10 Å². The molecule has 0 amide bonds. The van der Waals surface area contributed by atoms with E-state index in [2.05, 4.69) is 36.2 Å². The maximum Gasteiger partial charge on any atom is 0.116 e. The molecule has 3 heteroatoms. The molecule has 0 aromatic rings. The van der Waals surface area contributed by atoms with E-state index in [1.54, 1.807) is 0 Å². The van der Waals surface area contributed by atoms with Crippen molar-refractivity contribution in [2.75, 3.05) is 7.05 Å². The van der Waals surface area contributed by atoms with Gasteiger partial charge in [-0.05, 0) is 11.8 Å². The van der Waals surface area contributed by atoms with E-state index in [4.69, 9.17) is 0 Å². The molecular formula is C8H17N3. The van der Waals surface area contributed by atoms with Crippen molar-refractivity contribution >= 4 is 6.34 Å². The molecular weight excluding hydrogens is 138 g/mol. The van der Waals surface area contributed by atoms with Gasteiger partial charge in [0.05, 0.1) is 0 Å². The molecule has 3 nitrogen and oxygen atoms in total. The van der Waals surface area contributed by atoms with Gasteiger partial charge in [0.15, 0.2) is 0 Å². The standard InChI is InChI=1S/C8H17N3/c1-8(2,3)5-7-10-9-6-11(7)4/h6-7,10H,5H2,1-4H3. The van der Waals surface area contributed by atoms with Crippen molar-refractivity contribution in [2.24, 2.45) is 10.5 Å².